The Morgan fingerprint density at radius 1 is 1.42 bits per heavy atom. The van der Waals surface area contributed by atoms with E-state index in [9.17, 15) is 9.50 Å². The Balaban J connectivity index is 2.33. The normalized spacial score (nSPS) is 12.7. The lowest BCUT2D eigenvalue weighted by molar-refractivity contribution is 0.197. The van der Waals surface area contributed by atoms with Gasteiger partial charge in [0.15, 0.2) is 0 Å². The molecule has 0 saturated carbocycles. The van der Waals surface area contributed by atoms with Crippen molar-refractivity contribution in [3.8, 4) is 0 Å². The predicted octanol–water partition coefficient (Wildman–Crippen LogP) is 3.39. The Hall–Kier alpha value is -1.39. The maximum Gasteiger partial charge on any atom is 0.142 e. The van der Waals surface area contributed by atoms with Crippen LogP contribution in [0, 0.1) is 19.7 Å². The number of halogens is 2. The van der Waals surface area contributed by atoms with Gasteiger partial charge in [0.25, 0.3) is 0 Å². The van der Waals surface area contributed by atoms with Crippen molar-refractivity contribution >= 4 is 11.6 Å². The molecule has 102 valence electrons. The van der Waals surface area contributed by atoms with Gasteiger partial charge in [-0.3, -0.25) is 4.68 Å². The second-order valence-electron chi connectivity index (χ2n) is 4.67. The number of aliphatic hydroxyl groups excluding tert-OH is 1. The van der Waals surface area contributed by atoms with E-state index in [0.29, 0.717) is 6.54 Å². The molecule has 1 aromatic carbocycles. The highest BCUT2D eigenvalue weighted by atomic mass is 35.5. The molecule has 0 saturated heterocycles. The summed E-state index contributed by atoms with van der Waals surface area (Å²) in [5.41, 5.74) is 3.30. The molecular formula is C14H16ClFN2O. The van der Waals surface area contributed by atoms with Crippen molar-refractivity contribution < 1.29 is 9.50 Å². The van der Waals surface area contributed by atoms with Crippen LogP contribution in [0.1, 0.15) is 35.5 Å². The van der Waals surface area contributed by atoms with Crippen molar-refractivity contribution in [2.24, 2.45) is 0 Å². The molecule has 1 atom stereocenters. The van der Waals surface area contributed by atoms with Crippen LogP contribution in [-0.4, -0.2) is 14.9 Å². The largest absolute Gasteiger partial charge is 0.389 e. The number of aromatic nitrogens is 2. The van der Waals surface area contributed by atoms with E-state index in [0.717, 1.165) is 22.5 Å². The van der Waals surface area contributed by atoms with Gasteiger partial charge in [-0.05, 0) is 38.5 Å². The molecule has 0 fully saturated rings. The Bertz CT molecular complexity index is 608. The third-order valence-corrected chi connectivity index (χ3v) is 3.48. The molecule has 0 radical (unpaired) electrons. The summed E-state index contributed by atoms with van der Waals surface area (Å²) >= 11 is 5.66. The zero-order valence-electron chi connectivity index (χ0n) is 11.1. The molecule has 1 aromatic heterocycles. The van der Waals surface area contributed by atoms with Gasteiger partial charge in [-0.25, -0.2) is 4.39 Å². The first-order valence-corrected chi connectivity index (χ1v) is 6.44. The molecule has 3 nitrogen and oxygen atoms in total. The summed E-state index contributed by atoms with van der Waals surface area (Å²) in [4.78, 5) is 0. The summed E-state index contributed by atoms with van der Waals surface area (Å²) in [7, 11) is 0. The van der Waals surface area contributed by atoms with Crippen LogP contribution in [-0.2, 0) is 6.54 Å². The second-order valence-corrected chi connectivity index (χ2v) is 5.07. The number of aryl methyl sites for hydroxylation is 1. The van der Waals surface area contributed by atoms with Crippen LogP contribution >= 0.6 is 11.6 Å². The molecule has 0 spiro atoms. The van der Waals surface area contributed by atoms with E-state index in [-0.39, 0.29) is 5.02 Å². The van der Waals surface area contributed by atoms with Crippen LogP contribution in [0.5, 0.6) is 0 Å². The summed E-state index contributed by atoms with van der Waals surface area (Å²) in [5.74, 6) is -0.434. The maximum atomic E-state index is 13.4. The second kappa shape index (κ2) is 5.31. The van der Waals surface area contributed by atoms with Gasteiger partial charge >= 0.3 is 0 Å². The first kappa shape index (κ1) is 14.0. The van der Waals surface area contributed by atoms with E-state index in [1.54, 1.807) is 17.7 Å². The molecule has 5 heteroatoms. The fourth-order valence-corrected chi connectivity index (χ4v) is 2.40. The standard InChI is InChI=1S/C14H16ClFN2O/c1-8-14(10(3)19)9(2)18(17-8)7-11-4-5-12(15)13(16)6-11/h4-6,10,19H,7H2,1-3H3. The summed E-state index contributed by atoms with van der Waals surface area (Å²) in [6, 6.07) is 4.71. The maximum absolute atomic E-state index is 13.4. The van der Waals surface area contributed by atoms with Crippen LogP contribution in [0.25, 0.3) is 0 Å². The molecule has 1 N–H and O–H groups in total. The fourth-order valence-electron chi connectivity index (χ4n) is 2.28. The van der Waals surface area contributed by atoms with Gasteiger partial charge < -0.3 is 5.11 Å². The molecule has 0 bridgehead atoms. The van der Waals surface area contributed by atoms with E-state index >= 15 is 0 Å². The van der Waals surface area contributed by atoms with Gasteiger partial charge in [-0.2, -0.15) is 5.10 Å². The van der Waals surface area contributed by atoms with Crippen LogP contribution in [0.15, 0.2) is 18.2 Å². The first-order chi connectivity index (χ1) is 8.90. The van der Waals surface area contributed by atoms with Crippen molar-refractivity contribution in [2.45, 2.75) is 33.4 Å². The minimum Gasteiger partial charge on any atom is -0.389 e. The Labute approximate surface area is 116 Å². The van der Waals surface area contributed by atoms with Crippen molar-refractivity contribution in [3.05, 3.63) is 51.6 Å². The smallest absolute Gasteiger partial charge is 0.142 e. The molecule has 0 aliphatic rings. The lowest BCUT2D eigenvalue weighted by Gasteiger charge is -2.07. The molecule has 2 aromatic rings. The van der Waals surface area contributed by atoms with Gasteiger partial charge in [0.2, 0.25) is 0 Å². The van der Waals surface area contributed by atoms with Gasteiger partial charge in [0.05, 0.1) is 23.4 Å². The van der Waals surface area contributed by atoms with Crippen LogP contribution in [0.3, 0.4) is 0 Å². The van der Waals surface area contributed by atoms with Crippen molar-refractivity contribution in [1.82, 2.24) is 9.78 Å². The van der Waals surface area contributed by atoms with Gasteiger partial charge in [0.1, 0.15) is 5.82 Å². The third kappa shape index (κ3) is 2.80. The quantitative estimate of drug-likeness (QED) is 0.937. The van der Waals surface area contributed by atoms with Crippen LogP contribution in [0.4, 0.5) is 4.39 Å². The van der Waals surface area contributed by atoms with E-state index in [4.69, 9.17) is 11.6 Å². The predicted molar refractivity (Wildman–Crippen MR) is 72.8 cm³/mol. The monoisotopic (exact) mass is 282 g/mol. The van der Waals surface area contributed by atoms with Crippen molar-refractivity contribution in [2.75, 3.05) is 0 Å². The minimum atomic E-state index is -0.560. The van der Waals surface area contributed by atoms with Gasteiger partial charge in [0, 0.05) is 11.3 Å². The number of rotatable bonds is 3. The molecule has 1 unspecified atom stereocenters. The Morgan fingerprint density at radius 3 is 2.63 bits per heavy atom. The average molecular weight is 283 g/mol. The highest BCUT2D eigenvalue weighted by Crippen LogP contribution is 2.22. The van der Waals surface area contributed by atoms with Crippen molar-refractivity contribution in [3.63, 3.8) is 0 Å². The van der Waals surface area contributed by atoms with Crippen LogP contribution < -0.4 is 0 Å². The molecule has 19 heavy (non-hydrogen) atoms. The third-order valence-electron chi connectivity index (χ3n) is 3.17. The van der Waals surface area contributed by atoms with Gasteiger partial charge in [-0.1, -0.05) is 17.7 Å². The summed E-state index contributed by atoms with van der Waals surface area (Å²) in [6.07, 6.45) is -0.560. The van der Waals surface area contributed by atoms with E-state index < -0.39 is 11.9 Å². The number of benzene rings is 1. The molecule has 1 heterocycles. The SMILES string of the molecule is Cc1nn(Cc2ccc(Cl)c(F)c2)c(C)c1C(C)O. The van der Waals surface area contributed by atoms with E-state index in [2.05, 4.69) is 5.10 Å². The van der Waals surface area contributed by atoms with Crippen molar-refractivity contribution in [1.29, 1.82) is 0 Å². The number of hydrogen-bond donors (Lipinski definition) is 1. The highest BCUT2D eigenvalue weighted by molar-refractivity contribution is 6.30. The number of nitrogens with zero attached hydrogens (tertiary/aromatic N) is 2. The number of hydrogen-bond acceptors (Lipinski definition) is 2. The zero-order valence-corrected chi connectivity index (χ0v) is 11.9. The molecule has 0 amide bonds. The Kier molecular flexibility index (Phi) is 3.92. The highest BCUT2D eigenvalue weighted by Gasteiger charge is 2.15. The molecule has 2 rings (SSSR count). The molecule has 0 aliphatic heterocycles. The first-order valence-electron chi connectivity index (χ1n) is 6.06. The topological polar surface area (TPSA) is 38.0 Å². The minimum absolute atomic E-state index is 0.113. The molecule has 0 aliphatic carbocycles. The number of aliphatic hydroxyl groups is 1. The van der Waals surface area contributed by atoms with E-state index in [1.807, 2.05) is 13.8 Å². The average Bonchev–Trinajstić information content (AvgIpc) is 2.59. The summed E-state index contributed by atoms with van der Waals surface area (Å²) in [6.45, 7) is 5.92. The van der Waals surface area contributed by atoms with Gasteiger partial charge in [-0.15, -0.1) is 0 Å². The molecular weight excluding hydrogens is 267 g/mol. The fraction of sp³-hybridized carbons (Fsp3) is 0.357. The Morgan fingerprint density at radius 2 is 2.11 bits per heavy atom. The van der Waals surface area contributed by atoms with Crippen LogP contribution in [0.2, 0.25) is 5.02 Å². The lowest BCUT2D eigenvalue weighted by Crippen LogP contribution is -2.05. The zero-order chi connectivity index (χ0) is 14.2. The summed E-state index contributed by atoms with van der Waals surface area (Å²) < 4.78 is 15.2. The van der Waals surface area contributed by atoms with E-state index in [1.165, 1.54) is 12.1 Å². The summed E-state index contributed by atoms with van der Waals surface area (Å²) in [5, 5.41) is 14.2. The lowest BCUT2D eigenvalue weighted by atomic mass is 10.1.